The van der Waals surface area contributed by atoms with E-state index in [9.17, 15) is 22.4 Å². The molecule has 2 aromatic rings. The number of hydrogen-bond donors (Lipinski definition) is 0. The van der Waals surface area contributed by atoms with Gasteiger partial charge in [-0.25, -0.2) is 4.39 Å². The van der Waals surface area contributed by atoms with Crippen molar-refractivity contribution in [1.29, 1.82) is 0 Å². The minimum absolute atomic E-state index is 0.219. The monoisotopic (exact) mass is 329 g/mol. The Balaban J connectivity index is 2.30. The summed E-state index contributed by atoms with van der Waals surface area (Å²) in [5, 5.41) is 3.31. The number of aryl methyl sites for hydroxylation is 1. The molecule has 0 fully saturated rings. The van der Waals surface area contributed by atoms with Gasteiger partial charge in [0.25, 0.3) is 5.91 Å². The lowest BCUT2D eigenvalue weighted by Crippen LogP contribution is -2.31. The van der Waals surface area contributed by atoms with E-state index >= 15 is 0 Å². The Morgan fingerprint density at radius 3 is 2.43 bits per heavy atom. The second kappa shape index (κ2) is 6.02. The topological polar surface area (TPSA) is 38.1 Å². The van der Waals surface area contributed by atoms with Gasteiger partial charge in [0, 0.05) is 25.7 Å². The summed E-state index contributed by atoms with van der Waals surface area (Å²) in [4.78, 5) is 13.6. The third-order valence-corrected chi connectivity index (χ3v) is 3.65. The van der Waals surface area contributed by atoms with Crippen LogP contribution in [0.2, 0.25) is 0 Å². The maximum absolute atomic E-state index is 13.8. The number of benzene rings is 1. The Morgan fingerprint density at radius 1 is 1.30 bits per heavy atom. The molecule has 1 atom stereocenters. The van der Waals surface area contributed by atoms with E-state index in [-0.39, 0.29) is 11.3 Å². The number of hydrogen-bond acceptors (Lipinski definition) is 2. The van der Waals surface area contributed by atoms with Gasteiger partial charge in [-0.3, -0.25) is 9.48 Å². The highest BCUT2D eigenvalue weighted by Crippen LogP contribution is 2.29. The third-order valence-electron chi connectivity index (χ3n) is 3.65. The predicted molar refractivity (Wildman–Crippen MR) is 75.1 cm³/mol. The summed E-state index contributed by atoms with van der Waals surface area (Å²) in [6.45, 7) is 1.59. The van der Waals surface area contributed by atoms with Gasteiger partial charge in [0.05, 0.1) is 6.04 Å². The number of alkyl halides is 3. The summed E-state index contributed by atoms with van der Waals surface area (Å²) < 4.78 is 52.7. The molecule has 0 spiro atoms. The number of carbonyl (C=O) groups is 1. The Kier molecular flexibility index (Phi) is 4.44. The second-order valence-electron chi connectivity index (χ2n) is 5.15. The van der Waals surface area contributed by atoms with Gasteiger partial charge in [0.15, 0.2) is 5.69 Å². The van der Waals surface area contributed by atoms with E-state index in [1.165, 1.54) is 37.2 Å². The number of rotatable bonds is 3. The molecule has 1 heterocycles. The van der Waals surface area contributed by atoms with E-state index in [0.717, 1.165) is 4.68 Å². The van der Waals surface area contributed by atoms with E-state index in [1.54, 1.807) is 13.0 Å². The normalized spacial score (nSPS) is 13.0. The van der Waals surface area contributed by atoms with Crippen molar-refractivity contribution >= 4 is 5.91 Å². The zero-order valence-electron chi connectivity index (χ0n) is 12.7. The molecule has 0 bridgehead atoms. The van der Waals surface area contributed by atoms with Crippen molar-refractivity contribution in [2.45, 2.75) is 19.1 Å². The van der Waals surface area contributed by atoms with Gasteiger partial charge < -0.3 is 4.90 Å². The fraction of sp³-hybridized carbons (Fsp3) is 0.333. The number of aromatic nitrogens is 2. The molecule has 4 nitrogen and oxygen atoms in total. The molecule has 0 aliphatic carbocycles. The van der Waals surface area contributed by atoms with Crippen LogP contribution in [0, 0.1) is 5.82 Å². The van der Waals surface area contributed by atoms with E-state index in [2.05, 4.69) is 5.10 Å². The number of amides is 1. The van der Waals surface area contributed by atoms with Gasteiger partial charge >= 0.3 is 6.18 Å². The maximum Gasteiger partial charge on any atom is 0.435 e. The Bertz CT molecular complexity index is 724. The lowest BCUT2D eigenvalue weighted by Gasteiger charge is -2.25. The van der Waals surface area contributed by atoms with Crippen LogP contribution in [0.4, 0.5) is 17.6 Å². The summed E-state index contributed by atoms with van der Waals surface area (Å²) in [5.74, 6) is -1.16. The van der Waals surface area contributed by atoms with E-state index in [0.29, 0.717) is 6.07 Å². The third kappa shape index (κ3) is 3.35. The van der Waals surface area contributed by atoms with Crippen molar-refractivity contribution < 1.29 is 22.4 Å². The standard InChI is InChI=1S/C15H15F4N3O/c1-9(10-6-4-5-7-11(10)16)21(2)14(23)12-8-13(15(17,18)19)20-22(12)3/h4-9H,1-3H3. The molecule has 1 aromatic carbocycles. The van der Waals surface area contributed by atoms with Gasteiger partial charge in [-0.1, -0.05) is 18.2 Å². The van der Waals surface area contributed by atoms with Crippen LogP contribution in [0.15, 0.2) is 30.3 Å². The first-order chi connectivity index (χ1) is 10.6. The quantitative estimate of drug-likeness (QED) is 0.810. The molecule has 0 radical (unpaired) electrons. The van der Waals surface area contributed by atoms with Crippen LogP contribution >= 0.6 is 0 Å². The van der Waals surface area contributed by atoms with E-state index in [1.807, 2.05) is 0 Å². The summed E-state index contributed by atoms with van der Waals surface area (Å²) in [6.07, 6.45) is -4.63. The van der Waals surface area contributed by atoms with E-state index < -0.39 is 29.6 Å². The van der Waals surface area contributed by atoms with Gasteiger partial charge in [-0.15, -0.1) is 0 Å². The van der Waals surface area contributed by atoms with Crippen LogP contribution in [0.1, 0.15) is 34.7 Å². The van der Waals surface area contributed by atoms with Crippen LogP contribution in [-0.2, 0) is 13.2 Å². The first-order valence-electron chi connectivity index (χ1n) is 6.75. The molecular formula is C15H15F4N3O. The molecule has 0 aliphatic heterocycles. The van der Waals surface area contributed by atoms with Crippen LogP contribution in [0.3, 0.4) is 0 Å². The number of carbonyl (C=O) groups excluding carboxylic acids is 1. The van der Waals surface area contributed by atoms with Crippen LogP contribution in [0.5, 0.6) is 0 Å². The van der Waals surface area contributed by atoms with Crippen molar-refractivity contribution in [3.63, 3.8) is 0 Å². The second-order valence-corrected chi connectivity index (χ2v) is 5.15. The first-order valence-corrected chi connectivity index (χ1v) is 6.75. The summed E-state index contributed by atoms with van der Waals surface area (Å²) in [6, 6.07) is 5.97. The first kappa shape index (κ1) is 17.0. The van der Waals surface area contributed by atoms with Crippen molar-refractivity contribution in [3.8, 4) is 0 Å². The molecule has 124 valence electrons. The molecule has 2 rings (SSSR count). The average Bonchev–Trinajstić information content (AvgIpc) is 2.87. The molecule has 1 aromatic heterocycles. The summed E-state index contributed by atoms with van der Waals surface area (Å²) in [5.41, 5.74) is -1.08. The molecule has 1 unspecified atom stereocenters. The fourth-order valence-corrected chi connectivity index (χ4v) is 2.19. The molecule has 0 N–H and O–H groups in total. The zero-order chi connectivity index (χ0) is 17.4. The van der Waals surface area contributed by atoms with Gasteiger partial charge in [-0.05, 0) is 13.0 Å². The lowest BCUT2D eigenvalue weighted by atomic mass is 10.1. The molecule has 0 saturated carbocycles. The van der Waals surface area contributed by atoms with Gasteiger partial charge in [0.2, 0.25) is 0 Å². The highest BCUT2D eigenvalue weighted by atomic mass is 19.4. The average molecular weight is 329 g/mol. The van der Waals surface area contributed by atoms with Crippen molar-refractivity contribution in [1.82, 2.24) is 14.7 Å². The number of halogens is 4. The van der Waals surface area contributed by atoms with Gasteiger partial charge in [-0.2, -0.15) is 18.3 Å². The molecule has 0 saturated heterocycles. The fourth-order valence-electron chi connectivity index (χ4n) is 2.19. The molecule has 23 heavy (non-hydrogen) atoms. The van der Waals surface area contributed by atoms with Crippen molar-refractivity contribution in [3.05, 3.63) is 53.1 Å². The Labute approximate surface area is 130 Å². The number of nitrogens with zero attached hydrogens (tertiary/aromatic N) is 3. The summed E-state index contributed by atoms with van der Waals surface area (Å²) >= 11 is 0. The Hall–Kier alpha value is -2.38. The zero-order valence-corrected chi connectivity index (χ0v) is 12.7. The minimum atomic E-state index is -4.63. The lowest BCUT2D eigenvalue weighted by molar-refractivity contribution is -0.141. The molecule has 1 amide bonds. The SMILES string of the molecule is CC(c1ccccc1F)N(C)C(=O)c1cc(C(F)(F)F)nn1C. The molecule has 0 aliphatic rings. The Morgan fingerprint density at radius 2 is 1.91 bits per heavy atom. The van der Waals surface area contributed by atoms with Crippen molar-refractivity contribution in [2.75, 3.05) is 7.05 Å². The largest absolute Gasteiger partial charge is 0.435 e. The smallest absolute Gasteiger partial charge is 0.334 e. The maximum atomic E-state index is 13.8. The van der Waals surface area contributed by atoms with Crippen LogP contribution in [-0.4, -0.2) is 27.6 Å². The van der Waals surface area contributed by atoms with Crippen LogP contribution < -0.4 is 0 Å². The van der Waals surface area contributed by atoms with Crippen molar-refractivity contribution in [2.24, 2.45) is 7.05 Å². The van der Waals surface area contributed by atoms with Crippen LogP contribution in [0.25, 0.3) is 0 Å². The highest BCUT2D eigenvalue weighted by molar-refractivity contribution is 5.92. The minimum Gasteiger partial charge on any atom is -0.334 e. The highest BCUT2D eigenvalue weighted by Gasteiger charge is 2.36. The summed E-state index contributed by atoms with van der Waals surface area (Å²) in [7, 11) is 2.66. The molecule has 8 heteroatoms. The molecular weight excluding hydrogens is 314 g/mol. The predicted octanol–water partition coefficient (Wildman–Crippen LogP) is 3.41. The van der Waals surface area contributed by atoms with E-state index in [4.69, 9.17) is 0 Å². The van der Waals surface area contributed by atoms with Gasteiger partial charge in [0.1, 0.15) is 11.5 Å².